The molecule has 0 radical (unpaired) electrons. The van der Waals surface area contributed by atoms with E-state index in [0.717, 1.165) is 5.92 Å². The van der Waals surface area contributed by atoms with Gasteiger partial charge in [-0.3, -0.25) is 0 Å². The molecule has 2 saturated carbocycles. The van der Waals surface area contributed by atoms with E-state index in [9.17, 15) is 30.7 Å². The first kappa shape index (κ1) is 27.7. The van der Waals surface area contributed by atoms with E-state index in [1.807, 2.05) is 0 Å². The monoisotopic (exact) mass is 510 g/mol. The van der Waals surface area contributed by atoms with Crippen LogP contribution in [0.15, 0.2) is 24.3 Å². The van der Waals surface area contributed by atoms with E-state index < -0.39 is 41.5 Å². The van der Waals surface area contributed by atoms with Gasteiger partial charge in [0.15, 0.2) is 11.6 Å². The number of hydrogen-bond acceptors (Lipinski definition) is 2. The first-order chi connectivity index (χ1) is 16.5. The van der Waals surface area contributed by atoms with Crippen molar-refractivity contribution in [2.45, 2.75) is 90.0 Å². The van der Waals surface area contributed by atoms with Gasteiger partial charge in [-0.25, -0.2) is 8.78 Å². The van der Waals surface area contributed by atoms with Crippen molar-refractivity contribution in [3.05, 3.63) is 35.9 Å². The summed E-state index contributed by atoms with van der Waals surface area (Å²) >= 11 is 0. The lowest BCUT2D eigenvalue weighted by atomic mass is 9.78. The SMILES string of the molecule is CCCCC1CCC(/C=C/C2CCC(C(F)(F)Oc3cc(F)c(OC(F)(F)F)c(F)c3)CC2)CC1. The lowest BCUT2D eigenvalue weighted by Gasteiger charge is -2.32. The van der Waals surface area contributed by atoms with E-state index in [0.29, 0.717) is 18.8 Å². The molecule has 0 amide bonds. The average molecular weight is 511 g/mol. The minimum absolute atomic E-state index is 0.173. The Labute approximate surface area is 201 Å². The van der Waals surface area contributed by atoms with Gasteiger partial charge in [-0.1, -0.05) is 38.3 Å². The summed E-state index contributed by atoms with van der Waals surface area (Å²) < 4.78 is 102. The number of benzene rings is 1. The van der Waals surface area contributed by atoms with Crippen molar-refractivity contribution < 1.29 is 40.2 Å². The molecule has 2 aliphatic rings. The van der Waals surface area contributed by atoms with Crippen molar-refractivity contribution >= 4 is 0 Å². The van der Waals surface area contributed by atoms with Gasteiger partial charge in [-0.05, 0) is 69.1 Å². The summed E-state index contributed by atoms with van der Waals surface area (Å²) in [6.45, 7) is 2.21. The van der Waals surface area contributed by atoms with Crippen molar-refractivity contribution in [2.75, 3.05) is 0 Å². The van der Waals surface area contributed by atoms with Gasteiger partial charge in [0.05, 0.1) is 5.92 Å². The molecular formula is C26H33F7O2. The third-order valence-electron chi connectivity index (χ3n) is 7.20. The van der Waals surface area contributed by atoms with Crippen molar-refractivity contribution in [3.8, 4) is 11.5 Å². The molecule has 1 aromatic rings. The molecule has 1 aromatic carbocycles. The second-order valence-corrected chi connectivity index (χ2v) is 9.85. The van der Waals surface area contributed by atoms with Crippen molar-refractivity contribution in [1.29, 1.82) is 0 Å². The zero-order valence-electron chi connectivity index (χ0n) is 19.9. The Bertz CT molecular complexity index is 814. The van der Waals surface area contributed by atoms with Crippen LogP contribution in [0.1, 0.15) is 77.6 Å². The molecule has 3 rings (SSSR count). The number of unbranched alkanes of at least 4 members (excludes halogenated alkanes) is 1. The van der Waals surface area contributed by atoms with Gasteiger partial charge in [0.2, 0.25) is 5.75 Å². The maximum Gasteiger partial charge on any atom is 0.573 e. The molecule has 0 heterocycles. The highest BCUT2D eigenvalue weighted by atomic mass is 19.4. The first-order valence-corrected chi connectivity index (χ1v) is 12.5. The second-order valence-electron chi connectivity index (χ2n) is 9.85. The van der Waals surface area contributed by atoms with E-state index in [4.69, 9.17) is 0 Å². The van der Waals surface area contributed by atoms with Crippen molar-refractivity contribution in [1.82, 2.24) is 0 Å². The van der Waals surface area contributed by atoms with Crippen molar-refractivity contribution in [3.63, 3.8) is 0 Å². The molecule has 0 N–H and O–H groups in total. The summed E-state index contributed by atoms with van der Waals surface area (Å²) in [6, 6.07) is 0.535. The maximum atomic E-state index is 14.7. The van der Waals surface area contributed by atoms with Crippen LogP contribution in [0.25, 0.3) is 0 Å². The van der Waals surface area contributed by atoms with Gasteiger partial charge in [-0.15, -0.1) is 13.2 Å². The molecule has 198 valence electrons. The van der Waals surface area contributed by atoms with Crippen LogP contribution < -0.4 is 9.47 Å². The van der Waals surface area contributed by atoms with Crippen LogP contribution in [0.5, 0.6) is 11.5 Å². The van der Waals surface area contributed by atoms with Gasteiger partial charge in [-0.2, -0.15) is 8.78 Å². The molecule has 0 unspecified atom stereocenters. The molecule has 0 saturated heterocycles. The molecule has 2 fully saturated rings. The topological polar surface area (TPSA) is 18.5 Å². The number of halogens is 7. The summed E-state index contributed by atoms with van der Waals surface area (Å²) in [5.74, 6) is -5.74. The van der Waals surface area contributed by atoms with Gasteiger partial charge in [0, 0.05) is 12.1 Å². The minimum Gasteiger partial charge on any atom is -0.432 e. The fourth-order valence-electron chi connectivity index (χ4n) is 5.17. The quantitative estimate of drug-likeness (QED) is 0.244. The molecule has 2 aliphatic carbocycles. The number of allylic oxidation sites excluding steroid dienone is 2. The summed E-state index contributed by atoms with van der Waals surface area (Å²) in [4.78, 5) is 0. The van der Waals surface area contributed by atoms with Crippen molar-refractivity contribution in [2.24, 2.45) is 23.7 Å². The minimum atomic E-state index is -5.32. The van der Waals surface area contributed by atoms with Crippen LogP contribution in [-0.4, -0.2) is 12.5 Å². The molecule has 0 bridgehead atoms. The second kappa shape index (κ2) is 11.9. The highest BCUT2D eigenvalue weighted by Gasteiger charge is 2.44. The lowest BCUT2D eigenvalue weighted by Crippen LogP contribution is -2.37. The molecule has 0 atom stereocenters. The van der Waals surface area contributed by atoms with Crippen LogP contribution in [-0.2, 0) is 0 Å². The molecule has 0 spiro atoms. The molecule has 0 aliphatic heterocycles. The molecule has 2 nitrogen and oxygen atoms in total. The van der Waals surface area contributed by atoms with E-state index in [2.05, 4.69) is 28.5 Å². The van der Waals surface area contributed by atoms with E-state index in [1.165, 1.54) is 44.9 Å². The van der Waals surface area contributed by atoms with E-state index >= 15 is 0 Å². The average Bonchev–Trinajstić information content (AvgIpc) is 2.79. The van der Waals surface area contributed by atoms with Crippen LogP contribution in [0.3, 0.4) is 0 Å². The summed E-state index contributed by atoms with van der Waals surface area (Å²) in [7, 11) is 0. The highest BCUT2D eigenvalue weighted by Crippen LogP contribution is 2.42. The van der Waals surface area contributed by atoms with Gasteiger partial charge in [0.1, 0.15) is 5.75 Å². The van der Waals surface area contributed by atoms with Crippen LogP contribution in [0, 0.1) is 35.3 Å². The van der Waals surface area contributed by atoms with Gasteiger partial charge in [0.25, 0.3) is 0 Å². The summed E-state index contributed by atoms with van der Waals surface area (Å²) in [5.41, 5.74) is 0. The number of rotatable bonds is 9. The summed E-state index contributed by atoms with van der Waals surface area (Å²) in [6.07, 6.45) is 5.45. The largest absolute Gasteiger partial charge is 0.573 e. The lowest BCUT2D eigenvalue weighted by molar-refractivity contribution is -0.276. The van der Waals surface area contributed by atoms with E-state index in [1.54, 1.807) is 0 Å². The third-order valence-corrected chi connectivity index (χ3v) is 7.20. The zero-order chi connectivity index (χ0) is 25.6. The normalized spacial score (nSPS) is 26.2. The Morgan fingerprint density at radius 1 is 0.800 bits per heavy atom. The van der Waals surface area contributed by atoms with E-state index in [-0.39, 0.29) is 30.9 Å². The Morgan fingerprint density at radius 2 is 1.31 bits per heavy atom. The number of hydrogen-bond donors (Lipinski definition) is 0. The number of alkyl halides is 5. The van der Waals surface area contributed by atoms with Crippen LogP contribution in [0.4, 0.5) is 30.7 Å². The van der Waals surface area contributed by atoms with Gasteiger partial charge >= 0.3 is 12.5 Å². The molecule has 9 heteroatoms. The van der Waals surface area contributed by atoms with Crippen LogP contribution >= 0.6 is 0 Å². The Balaban J connectivity index is 1.49. The fourth-order valence-corrected chi connectivity index (χ4v) is 5.17. The maximum absolute atomic E-state index is 14.7. The Kier molecular flexibility index (Phi) is 9.38. The Hall–Kier alpha value is -1.93. The highest BCUT2D eigenvalue weighted by molar-refractivity contribution is 5.35. The molecular weight excluding hydrogens is 477 g/mol. The predicted molar refractivity (Wildman–Crippen MR) is 118 cm³/mol. The fraction of sp³-hybridized carbons (Fsp3) is 0.692. The molecule has 35 heavy (non-hydrogen) atoms. The van der Waals surface area contributed by atoms with Gasteiger partial charge < -0.3 is 9.47 Å². The number of ether oxygens (including phenoxy) is 2. The summed E-state index contributed by atoms with van der Waals surface area (Å²) in [5, 5.41) is 0. The van der Waals surface area contributed by atoms with Crippen LogP contribution in [0.2, 0.25) is 0 Å². The Morgan fingerprint density at radius 3 is 1.80 bits per heavy atom. The zero-order valence-corrected chi connectivity index (χ0v) is 19.9. The first-order valence-electron chi connectivity index (χ1n) is 12.5. The smallest absolute Gasteiger partial charge is 0.432 e. The third kappa shape index (κ3) is 8.31. The predicted octanol–water partition coefficient (Wildman–Crippen LogP) is 9.19. The molecule has 0 aromatic heterocycles. The standard InChI is InChI=1S/C26H33F7O2/c1-2-3-4-17-5-7-18(8-6-17)9-10-19-11-13-20(14-12-19)25(29,30)34-21-15-22(27)24(23(28)16-21)35-26(31,32)33/h9-10,15-20H,2-8,11-14H2,1H3/b10-9+.